The zero-order chi connectivity index (χ0) is 23.5. The molecule has 0 amide bonds. The third kappa shape index (κ3) is 6.14. The van der Waals surface area contributed by atoms with Crippen LogP contribution in [0.4, 0.5) is 10.3 Å². The minimum atomic E-state index is -1.29. The highest BCUT2D eigenvalue weighted by Crippen LogP contribution is 2.41. The fraction of sp³-hybridized carbons (Fsp3) is 0.524. The molecule has 0 radical (unpaired) electrons. The van der Waals surface area contributed by atoms with E-state index in [4.69, 9.17) is 33.7 Å². The predicted octanol–water partition coefficient (Wildman–Crippen LogP) is 5.00. The number of rotatable bonds is 8. The second-order valence-electron chi connectivity index (χ2n) is 8.63. The van der Waals surface area contributed by atoms with Crippen LogP contribution in [0, 0.1) is 5.92 Å². The summed E-state index contributed by atoms with van der Waals surface area (Å²) in [5, 5.41) is 10.2. The molecule has 1 saturated heterocycles. The zero-order valence-electron chi connectivity index (χ0n) is 18.4. The summed E-state index contributed by atoms with van der Waals surface area (Å²) in [5.41, 5.74) is 6.59. The Morgan fingerprint density at radius 1 is 1.34 bits per heavy atom. The standard InChI is InChI=1S/C21H29Cl2N5O2S2/c1-5-10-30-17-12-16(23)15(22)11-14(17)18(27-32(29)21(2,3)4)13-6-8-28(9-7-13)20-26-25-19(24)31-20/h5,11-13,18,27H,1,6-10H2,2-4H3,(H2,24,25)/t18-,32+/m1/s1. The molecule has 0 saturated carbocycles. The summed E-state index contributed by atoms with van der Waals surface area (Å²) < 4.78 is 21.9. The Kier molecular flexibility index (Phi) is 8.43. The van der Waals surface area contributed by atoms with Gasteiger partial charge in [-0.1, -0.05) is 47.2 Å². The van der Waals surface area contributed by atoms with Crippen molar-refractivity contribution in [3.05, 3.63) is 40.4 Å². The van der Waals surface area contributed by atoms with Crippen molar-refractivity contribution in [2.45, 2.75) is 44.4 Å². The second kappa shape index (κ2) is 10.7. The first kappa shape index (κ1) is 25.2. The smallest absolute Gasteiger partial charge is 0.209 e. The number of halogens is 2. The second-order valence-corrected chi connectivity index (χ2v) is 12.4. The number of benzene rings is 1. The normalized spacial score (nSPS) is 17.2. The van der Waals surface area contributed by atoms with Gasteiger partial charge in [-0.15, -0.1) is 10.2 Å². The van der Waals surface area contributed by atoms with Crippen LogP contribution < -0.4 is 20.1 Å². The highest BCUT2D eigenvalue weighted by molar-refractivity contribution is 7.84. The molecule has 11 heteroatoms. The Morgan fingerprint density at radius 2 is 2.00 bits per heavy atom. The van der Waals surface area contributed by atoms with Gasteiger partial charge in [-0.25, -0.2) is 8.93 Å². The number of ether oxygens (including phenoxy) is 1. The molecule has 0 spiro atoms. The van der Waals surface area contributed by atoms with E-state index >= 15 is 0 Å². The Morgan fingerprint density at radius 3 is 2.56 bits per heavy atom. The minimum Gasteiger partial charge on any atom is -0.489 e. The maximum Gasteiger partial charge on any atom is 0.209 e. The molecule has 1 aromatic carbocycles. The lowest BCUT2D eigenvalue weighted by Crippen LogP contribution is -2.42. The largest absolute Gasteiger partial charge is 0.489 e. The lowest BCUT2D eigenvalue weighted by molar-refractivity contribution is 0.309. The monoisotopic (exact) mass is 517 g/mol. The molecule has 3 rings (SSSR count). The van der Waals surface area contributed by atoms with Crippen molar-refractivity contribution in [3.63, 3.8) is 0 Å². The van der Waals surface area contributed by atoms with Gasteiger partial charge in [0.1, 0.15) is 12.4 Å². The molecule has 32 heavy (non-hydrogen) atoms. The molecule has 1 aliphatic rings. The topological polar surface area (TPSA) is 93.4 Å². The van der Waals surface area contributed by atoms with Crippen molar-refractivity contribution in [3.8, 4) is 5.75 Å². The van der Waals surface area contributed by atoms with Gasteiger partial charge in [-0.3, -0.25) is 0 Å². The van der Waals surface area contributed by atoms with Gasteiger partial charge in [0.05, 0.1) is 31.8 Å². The highest BCUT2D eigenvalue weighted by atomic mass is 35.5. The first-order valence-electron chi connectivity index (χ1n) is 10.3. The average molecular weight is 519 g/mol. The third-order valence-electron chi connectivity index (χ3n) is 5.25. The number of nitrogens with zero attached hydrogens (tertiary/aromatic N) is 3. The number of nitrogens with two attached hydrogens (primary N) is 1. The lowest BCUT2D eigenvalue weighted by Gasteiger charge is -2.37. The van der Waals surface area contributed by atoms with Gasteiger partial charge >= 0.3 is 0 Å². The van der Waals surface area contributed by atoms with Crippen LogP contribution in [-0.4, -0.2) is 38.8 Å². The summed E-state index contributed by atoms with van der Waals surface area (Å²) in [4.78, 5) is 2.19. The fourth-order valence-corrected chi connectivity index (χ4v) is 5.44. The highest BCUT2D eigenvalue weighted by Gasteiger charge is 2.34. The van der Waals surface area contributed by atoms with Crippen LogP contribution in [0.25, 0.3) is 0 Å². The van der Waals surface area contributed by atoms with Gasteiger partial charge in [0.15, 0.2) is 0 Å². The molecule has 176 valence electrons. The summed E-state index contributed by atoms with van der Waals surface area (Å²) >= 11 is 14.1. The van der Waals surface area contributed by atoms with E-state index in [1.54, 1.807) is 12.1 Å². The van der Waals surface area contributed by atoms with Crippen LogP contribution in [0.1, 0.15) is 45.2 Å². The number of nitrogen functional groups attached to an aromatic ring is 1. The molecule has 1 aromatic heterocycles. The van der Waals surface area contributed by atoms with Crippen LogP contribution in [0.3, 0.4) is 0 Å². The molecule has 0 unspecified atom stereocenters. The van der Waals surface area contributed by atoms with Crippen LogP contribution in [0.2, 0.25) is 10.0 Å². The summed E-state index contributed by atoms with van der Waals surface area (Å²) in [7, 11) is -1.29. The van der Waals surface area contributed by atoms with Crippen molar-refractivity contribution in [1.82, 2.24) is 14.9 Å². The minimum absolute atomic E-state index is 0.200. The summed E-state index contributed by atoms with van der Waals surface area (Å²) in [5.74, 6) is 0.813. The van der Waals surface area contributed by atoms with E-state index in [0.717, 1.165) is 36.6 Å². The van der Waals surface area contributed by atoms with Gasteiger partial charge in [0, 0.05) is 24.7 Å². The first-order chi connectivity index (χ1) is 15.1. The van der Waals surface area contributed by atoms with Gasteiger partial charge in [0.2, 0.25) is 10.3 Å². The molecule has 0 bridgehead atoms. The molecule has 7 nitrogen and oxygen atoms in total. The first-order valence-corrected chi connectivity index (χ1v) is 13.1. The van der Waals surface area contributed by atoms with E-state index in [-0.39, 0.29) is 12.0 Å². The Balaban J connectivity index is 1.90. The van der Waals surface area contributed by atoms with Gasteiger partial charge in [-0.05, 0) is 45.6 Å². The van der Waals surface area contributed by atoms with Crippen LogP contribution in [-0.2, 0) is 11.0 Å². The number of piperidine rings is 1. The number of nitrogens with one attached hydrogen (secondary N) is 1. The quantitative estimate of drug-likeness (QED) is 0.478. The van der Waals surface area contributed by atoms with Crippen molar-refractivity contribution in [2.75, 3.05) is 30.3 Å². The van der Waals surface area contributed by atoms with E-state index in [9.17, 15) is 4.21 Å². The maximum atomic E-state index is 13.1. The van der Waals surface area contributed by atoms with E-state index in [1.165, 1.54) is 11.3 Å². The SMILES string of the molecule is C=CCOc1cc(Cl)c(Cl)cc1[C@H](N[S@@](=O)C(C)(C)C)C1CCN(c2nnc(N)s2)CC1. The van der Waals surface area contributed by atoms with Crippen LogP contribution in [0.15, 0.2) is 24.8 Å². The predicted molar refractivity (Wildman–Crippen MR) is 135 cm³/mol. The van der Waals surface area contributed by atoms with Crippen molar-refractivity contribution in [1.29, 1.82) is 0 Å². The summed E-state index contributed by atoms with van der Waals surface area (Å²) in [6, 6.07) is 3.31. The molecule has 2 atom stereocenters. The molecular weight excluding hydrogens is 489 g/mol. The maximum absolute atomic E-state index is 13.1. The Hall–Kier alpha value is -1.39. The molecule has 3 N–H and O–H groups in total. The van der Waals surface area contributed by atoms with Crippen LogP contribution in [0.5, 0.6) is 5.75 Å². The van der Waals surface area contributed by atoms with E-state index in [1.807, 2.05) is 26.8 Å². The lowest BCUT2D eigenvalue weighted by atomic mass is 9.85. The van der Waals surface area contributed by atoms with Crippen molar-refractivity contribution in [2.24, 2.45) is 5.92 Å². The molecule has 2 aromatic rings. The molecule has 1 fully saturated rings. The number of aromatic nitrogens is 2. The van der Waals surface area contributed by atoms with Crippen molar-refractivity contribution >= 4 is 55.8 Å². The fourth-order valence-electron chi connectivity index (χ4n) is 3.54. The van der Waals surface area contributed by atoms with E-state index < -0.39 is 15.7 Å². The molecule has 1 aliphatic heterocycles. The zero-order valence-corrected chi connectivity index (χ0v) is 21.6. The van der Waals surface area contributed by atoms with Gasteiger partial charge in [-0.2, -0.15) is 0 Å². The summed E-state index contributed by atoms with van der Waals surface area (Å²) in [6.45, 7) is 11.5. The van der Waals surface area contributed by atoms with E-state index in [2.05, 4.69) is 26.4 Å². The summed E-state index contributed by atoms with van der Waals surface area (Å²) in [6.07, 6.45) is 3.40. The molecule has 2 heterocycles. The Labute approximate surface area is 205 Å². The van der Waals surface area contributed by atoms with E-state index in [0.29, 0.717) is 27.5 Å². The van der Waals surface area contributed by atoms with Crippen molar-refractivity contribution < 1.29 is 8.95 Å². The third-order valence-corrected chi connectivity index (χ3v) is 8.36. The Bertz CT molecular complexity index is 972. The average Bonchev–Trinajstić information content (AvgIpc) is 3.18. The molecular formula is C21H29Cl2N5O2S2. The number of hydrogen-bond donors (Lipinski definition) is 2. The molecule has 0 aliphatic carbocycles. The number of anilines is 2. The van der Waals surface area contributed by atoms with Gasteiger partial charge < -0.3 is 15.4 Å². The van der Waals surface area contributed by atoms with Crippen LogP contribution >= 0.6 is 34.5 Å². The number of hydrogen-bond acceptors (Lipinski definition) is 7. The van der Waals surface area contributed by atoms with Gasteiger partial charge in [0.25, 0.3) is 0 Å².